The van der Waals surface area contributed by atoms with Crippen LogP contribution in [0.3, 0.4) is 0 Å². The number of carbonyl (C=O) groups is 1. The number of pyridine rings is 1. The van der Waals surface area contributed by atoms with Gasteiger partial charge < -0.3 is 10.5 Å². The monoisotopic (exact) mass is 399 g/mol. The SMILES string of the molecule is N#Cc1c(N)nc(SC(C=O)c2ccccc2)c(C#N)c1-c1ccc(N=O)cc1. The van der Waals surface area contributed by atoms with Gasteiger partial charge in [-0.05, 0) is 28.4 Å². The van der Waals surface area contributed by atoms with Crippen LogP contribution >= 0.6 is 11.8 Å². The molecule has 1 aromatic heterocycles. The third-order valence-electron chi connectivity index (χ3n) is 4.17. The van der Waals surface area contributed by atoms with Crippen LogP contribution < -0.4 is 5.73 Å². The van der Waals surface area contributed by atoms with Gasteiger partial charge in [-0.1, -0.05) is 54.2 Å². The fourth-order valence-corrected chi connectivity index (χ4v) is 3.80. The average Bonchev–Trinajstić information content (AvgIpc) is 2.77. The van der Waals surface area contributed by atoms with E-state index in [4.69, 9.17) is 5.73 Å². The second kappa shape index (κ2) is 8.79. The Kier molecular flexibility index (Phi) is 5.98. The Morgan fingerprint density at radius 3 is 2.24 bits per heavy atom. The van der Waals surface area contributed by atoms with E-state index in [-0.39, 0.29) is 27.7 Å². The van der Waals surface area contributed by atoms with Crippen molar-refractivity contribution in [2.45, 2.75) is 10.3 Å². The molecule has 0 bridgehead atoms. The molecule has 1 atom stereocenters. The summed E-state index contributed by atoms with van der Waals surface area (Å²) < 4.78 is 0. The largest absolute Gasteiger partial charge is 0.383 e. The van der Waals surface area contributed by atoms with Crippen molar-refractivity contribution in [1.29, 1.82) is 10.5 Å². The first-order valence-electron chi connectivity index (χ1n) is 8.37. The molecule has 0 saturated heterocycles. The first-order valence-corrected chi connectivity index (χ1v) is 9.25. The zero-order valence-electron chi connectivity index (χ0n) is 14.9. The summed E-state index contributed by atoms with van der Waals surface area (Å²) in [7, 11) is 0. The van der Waals surface area contributed by atoms with Crippen LogP contribution in [-0.2, 0) is 4.79 Å². The first kappa shape index (κ1) is 19.7. The van der Waals surface area contributed by atoms with E-state index < -0.39 is 5.25 Å². The van der Waals surface area contributed by atoms with Crippen molar-refractivity contribution in [3.63, 3.8) is 0 Å². The zero-order valence-corrected chi connectivity index (χ0v) is 15.8. The average molecular weight is 399 g/mol. The lowest BCUT2D eigenvalue weighted by atomic mass is 9.97. The van der Waals surface area contributed by atoms with E-state index in [2.05, 4.69) is 16.2 Å². The third-order valence-corrected chi connectivity index (χ3v) is 5.32. The van der Waals surface area contributed by atoms with Crippen LogP contribution in [0.15, 0.2) is 64.8 Å². The molecule has 3 rings (SSSR count). The number of aldehydes is 1. The van der Waals surface area contributed by atoms with Crippen molar-refractivity contribution in [3.8, 4) is 23.3 Å². The smallest absolute Gasteiger partial charge is 0.143 e. The number of anilines is 1. The van der Waals surface area contributed by atoms with Gasteiger partial charge in [0.15, 0.2) is 0 Å². The Bertz CT molecular complexity index is 1150. The fourth-order valence-electron chi connectivity index (χ4n) is 2.80. The zero-order chi connectivity index (χ0) is 20.8. The van der Waals surface area contributed by atoms with E-state index in [0.29, 0.717) is 11.1 Å². The van der Waals surface area contributed by atoms with Gasteiger partial charge in [0, 0.05) is 5.56 Å². The van der Waals surface area contributed by atoms with Crippen molar-refractivity contribution in [2.24, 2.45) is 5.18 Å². The Balaban J connectivity index is 2.17. The standard InChI is InChI=1S/C21H13N5O2S/c22-10-16-19(14-6-8-15(26-28)9-7-14)17(11-23)21(25-20(16)24)29-18(12-27)13-4-2-1-3-5-13/h1-9,12,18H,(H2,24,25). The highest BCUT2D eigenvalue weighted by molar-refractivity contribution is 8.00. The number of hydrogen-bond donors (Lipinski definition) is 1. The lowest BCUT2D eigenvalue weighted by Crippen LogP contribution is -2.05. The molecular formula is C21H13N5O2S. The predicted molar refractivity (Wildman–Crippen MR) is 110 cm³/mol. The van der Waals surface area contributed by atoms with Crippen molar-refractivity contribution < 1.29 is 4.79 Å². The van der Waals surface area contributed by atoms with Gasteiger partial charge in [0.1, 0.15) is 40.5 Å². The molecule has 2 N–H and O–H groups in total. The van der Waals surface area contributed by atoms with Gasteiger partial charge in [-0.25, -0.2) is 4.98 Å². The number of aromatic nitrogens is 1. The van der Waals surface area contributed by atoms with Crippen molar-refractivity contribution in [1.82, 2.24) is 4.98 Å². The summed E-state index contributed by atoms with van der Waals surface area (Å²) in [5.41, 5.74) is 7.97. The number of thioether (sulfide) groups is 1. The van der Waals surface area contributed by atoms with E-state index in [1.807, 2.05) is 24.3 Å². The molecule has 0 spiro atoms. The summed E-state index contributed by atoms with van der Waals surface area (Å²) in [6, 6.07) is 19.3. The highest BCUT2D eigenvalue weighted by Crippen LogP contribution is 2.40. The maximum absolute atomic E-state index is 11.7. The minimum Gasteiger partial charge on any atom is -0.383 e. The number of nitrogen functional groups attached to an aromatic ring is 1. The van der Waals surface area contributed by atoms with Gasteiger partial charge in [-0.3, -0.25) is 0 Å². The predicted octanol–water partition coefficient (Wildman–Crippen LogP) is 4.50. The second-order valence-electron chi connectivity index (χ2n) is 5.87. The summed E-state index contributed by atoms with van der Waals surface area (Å²) >= 11 is 1.08. The lowest BCUT2D eigenvalue weighted by molar-refractivity contribution is -0.107. The van der Waals surface area contributed by atoms with Crippen LogP contribution in [0.1, 0.15) is 21.9 Å². The third kappa shape index (κ3) is 3.98. The molecule has 8 heteroatoms. The van der Waals surface area contributed by atoms with Crippen molar-refractivity contribution >= 4 is 29.6 Å². The van der Waals surface area contributed by atoms with Crippen LogP contribution in [0.2, 0.25) is 0 Å². The normalized spacial score (nSPS) is 11.1. The number of hydrogen-bond acceptors (Lipinski definition) is 8. The fraction of sp³-hybridized carbons (Fsp3) is 0.0476. The summed E-state index contributed by atoms with van der Waals surface area (Å²) in [6.07, 6.45) is 0.765. The first-order chi connectivity index (χ1) is 14.1. The number of nitrogens with zero attached hydrogens (tertiary/aromatic N) is 4. The lowest BCUT2D eigenvalue weighted by Gasteiger charge is -2.15. The number of nitroso groups, excluding NO2 is 1. The van der Waals surface area contributed by atoms with E-state index in [1.54, 1.807) is 24.3 Å². The number of nitrogens with two attached hydrogens (primary N) is 1. The second-order valence-corrected chi connectivity index (χ2v) is 7.00. The summed E-state index contributed by atoms with van der Waals surface area (Å²) in [4.78, 5) is 26.6. The number of rotatable bonds is 6. The molecular weight excluding hydrogens is 386 g/mol. The molecule has 1 unspecified atom stereocenters. The van der Waals surface area contributed by atoms with Gasteiger partial charge in [0.05, 0.1) is 10.8 Å². The van der Waals surface area contributed by atoms with Crippen LogP contribution in [0.25, 0.3) is 11.1 Å². The topological polar surface area (TPSA) is 133 Å². The summed E-state index contributed by atoms with van der Waals surface area (Å²) in [6.45, 7) is 0. The highest BCUT2D eigenvalue weighted by Gasteiger charge is 2.23. The van der Waals surface area contributed by atoms with Crippen molar-refractivity contribution in [3.05, 3.63) is 76.2 Å². The van der Waals surface area contributed by atoms with Gasteiger partial charge in [-0.2, -0.15) is 10.5 Å². The number of carbonyl (C=O) groups excluding carboxylic acids is 1. The molecule has 0 aliphatic heterocycles. The van der Waals surface area contributed by atoms with Crippen LogP contribution in [0.5, 0.6) is 0 Å². The maximum Gasteiger partial charge on any atom is 0.143 e. The Morgan fingerprint density at radius 2 is 1.69 bits per heavy atom. The molecule has 0 fully saturated rings. The molecule has 0 aliphatic carbocycles. The van der Waals surface area contributed by atoms with Crippen LogP contribution in [-0.4, -0.2) is 11.3 Å². The van der Waals surface area contributed by atoms with Gasteiger partial charge in [0.25, 0.3) is 0 Å². The van der Waals surface area contributed by atoms with Gasteiger partial charge >= 0.3 is 0 Å². The van der Waals surface area contributed by atoms with Gasteiger partial charge in [-0.15, -0.1) is 4.91 Å². The molecule has 2 aromatic carbocycles. The number of benzene rings is 2. The molecule has 140 valence electrons. The quantitative estimate of drug-likeness (QED) is 0.366. The molecule has 3 aromatic rings. The Hall–Kier alpha value is -4.01. The van der Waals surface area contributed by atoms with Crippen molar-refractivity contribution in [2.75, 3.05) is 5.73 Å². The Labute approximate surface area is 170 Å². The van der Waals surface area contributed by atoms with Gasteiger partial charge in [0.2, 0.25) is 0 Å². The molecule has 1 heterocycles. The minimum atomic E-state index is -0.599. The molecule has 29 heavy (non-hydrogen) atoms. The van der Waals surface area contributed by atoms with E-state index in [1.165, 1.54) is 12.1 Å². The molecule has 0 saturated carbocycles. The molecule has 0 aliphatic rings. The molecule has 0 radical (unpaired) electrons. The van der Waals surface area contributed by atoms with Crippen LogP contribution in [0, 0.1) is 27.6 Å². The van der Waals surface area contributed by atoms with E-state index in [0.717, 1.165) is 23.6 Å². The Morgan fingerprint density at radius 1 is 1.03 bits per heavy atom. The summed E-state index contributed by atoms with van der Waals surface area (Å²) in [5.74, 6) is -0.0423. The highest BCUT2D eigenvalue weighted by atomic mass is 32.2. The minimum absolute atomic E-state index is 0.0423. The van der Waals surface area contributed by atoms with E-state index in [9.17, 15) is 20.2 Å². The molecule has 0 amide bonds. The maximum atomic E-state index is 11.7. The summed E-state index contributed by atoms with van der Waals surface area (Å²) in [5, 5.41) is 21.9. The van der Waals surface area contributed by atoms with E-state index >= 15 is 0 Å². The van der Waals surface area contributed by atoms with Crippen LogP contribution in [0.4, 0.5) is 11.5 Å². The molecule has 7 nitrogen and oxygen atoms in total. The number of nitriles is 2.